The molecule has 0 bridgehead atoms. The number of anilines is 1. The van der Waals surface area contributed by atoms with E-state index in [2.05, 4.69) is 11.4 Å². The predicted octanol–water partition coefficient (Wildman–Crippen LogP) is 4.67. The fourth-order valence-electron chi connectivity index (χ4n) is 5.31. The van der Waals surface area contributed by atoms with E-state index < -0.39 is 0 Å². The quantitative estimate of drug-likeness (QED) is 0.510. The van der Waals surface area contributed by atoms with E-state index in [4.69, 9.17) is 4.98 Å². The van der Waals surface area contributed by atoms with Gasteiger partial charge in [0.05, 0.1) is 23.5 Å². The van der Waals surface area contributed by atoms with E-state index in [1.165, 1.54) is 24.8 Å². The molecule has 1 unspecified atom stereocenters. The molecule has 1 aliphatic carbocycles. The summed E-state index contributed by atoms with van der Waals surface area (Å²) in [6.07, 6.45) is 9.87. The second-order valence-corrected chi connectivity index (χ2v) is 9.74. The SMILES string of the molecule is O=C(NCCC1=CCCCC1)C1CCCN(c2nc3ccccc3n(Cc3ccccc3)c2=O)C1. The summed E-state index contributed by atoms with van der Waals surface area (Å²) in [5, 5.41) is 3.15. The van der Waals surface area contributed by atoms with Crippen molar-refractivity contribution in [2.75, 3.05) is 24.5 Å². The van der Waals surface area contributed by atoms with Crippen molar-refractivity contribution in [3.05, 3.63) is 82.2 Å². The van der Waals surface area contributed by atoms with Gasteiger partial charge < -0.3 is 10.2 Å². The Morgan fingerprint density at radius 2 is 1.86 bits per heavy atom. The molecule has 1 atom stereocenters. The number of para-hydroxylation sites is 2. The first-order valence-corrected chi connectivity index (χ1v) is 12.9. The van der Waals surface area contributed by atoms with Gasteiger partial charge in [0.1, 0.15) is 0 Å². The van der Waals surface area contributed by atoms with Crippen molar-refractivity contribution >= 4 is 22.8 Å². The fraction of sp³-hybridized carbons (Fsp3) is 0.414. The smallest absolute Gasteiger partial charge is 0.294 e. The molecule has 2 aromatic carbocycles. The van der Waals surface area contributed by atoms with Gasteiger partial charge >= 0.3 is 0 Å². The van der Waals surface area contributed by atoms with E-state index in [9.17, 15) is 9.59 Å². The second kappa shape index (κ2) is 10.9. The van der Waals surface area contributed by atoms with Crippen molar-refractivity contribution in [2.24, 2.45) is 5.92 Å². The molecule has 2 aliphatic rings. The topological polar surface area (TPSA) is 67.2 Å². The zero-order valence-corrected chi connectivity index (χ0v) is 20.3. The number of aromatic nitrogens is 2. The lowest BCUT2D eigenvalue weighted by molar-refractivity contribution is -0.125. The van der Waals surface area contributed by atoms with Crippen LogP contribution in [0.15, 0.2) is 71.0 Å². The molecule has 182 valence electrons. The summed E-state index contributed by atoms with van der Waals surface area (Å²) in [5.41, 5.74) is 4.07. The number of rotatable bonds is 7. The number of benzene rings is 2. The Morgan fingerprint density at radius 3 is 2.69 bits per heavy atom. The lowest BCUT2D eigenvalue weighted by Gasteiger charge is -2.33. The number of hydrogen-bond acceptors (Lipinski definition) is 4. The molecule has 6 nitrogen and oxygen atoms in total. The van der Waals surface area contributed by atoms with Gasteiger partial charge in [0.25, 0.3) is 5.56 Å². The van der Waals surface area contributed by atoms with Crippen molar-refractivity contribution in [2.45, 2.75) is 51.5 Å². The van der Waals surface area contributed by atoms with Gasteiger partial charge in [-0.2, -0.15) is 0 Å². The Balaban J connectivity index is 1.33. The summed E-state index contributed by atoms with van der Waals surface area (Å²) < 4.78 is 1.81. The summed E-state index contributed by atoms with van der Waals surface area (Å²) in [4.78, 5) is 33.4. The van der Waals surface area contributed by atoms with Gasteiger partial charge in [-0.3, -0.25) is 14.2 Å². The number of carbonyl (C=O) groups is 1. The van der Waals surface area contributed by atoms with Crippen LogP contribution in [0.4, 0.5) is 5.82 Å². The van der Waals surface area contributed by atoms with Gasteiger partial charge in [-0.15, -0.1) is 0 Å². The summed E-state index contributed by atoms with van der Waals surface area (Å²) in [7, 11) is 0. The predicted molar refractivity (Wildman–Crippen MR) is 141 cm³/mol. The van der Waals surface area contributed by atoms with Crippen LogP contribution in [0.1, 0.15) is 50.5 Å². The second-order valence-electron chi connectivity index (χ2n) is 9.74. The van der Waals surface area contributed by atoms with Crippen molar-refractivity contribution in [3.63, 3.8) is 0 Å². The maximum Gasteiger partial charge on any atom is 0.294 e. The minimum atomic E-state index is -0.126. The molecular weight excluding hydrogens is 436 g/mol. The first-order valence-electron chi connectivity index (χ1n) is 12.9. The Morgan fingerprint density at radius 1 is 1.03 bits per heavy atom. The minimum Gasteiger partial charge on any atom is -0.355 e. The molecule has 1 saturated heterocycles. The van der Waals surface area contributed by atoms with Crippen LogP contribution in [0.5, 0.6) is 0 Å². The molecule has 1 aromatic heterocycles. The van der Waals surface area contributed by atoms with Crippen molar-refractivity contribution in [1.82, 2.24) is 14.9 Å². The molecule has 5 rings (SSSR count). The maximum absolute atomic E-state index is 13.7. The van der Waals surface area contributed by atoms with Gasteiger partial charge in [-0.1, -0.05) is 54.1 Å². The van der Waals surface area contributed by atoms with Gasteiger partial charge in [0.2, 0.25) is 5.91 Å². The van der Waals surface area contributed by atoms with Crippen LogP contribution < -0.4 is 15.8 Å². The highest BCUT2D eigenvalue weighted by Crippen LogP contribution is 2.23. The number of nitrogens with one attached hydrogen (secondary N) is 1. The molecule has 2 heterocycles. The van der Waals surface area contributed by atoms with Crippen LogP contribution in [0, 0.1) is 5.92 Å². The molecule has 6 heteroatoms. The Bertz CT molecular complexity index is 1260. The van der Waals surface area contributed by atoms with Gasteiger partial charge in [-0.25, -0.2) is 4.98 Å². The summed E-state index contributed by atoms with van der Waals surface area (Å²) in [6, 6.07) is 17.8. The summed E-state index contributed by atoms with van der Waals surface area (Å²) in [6.45, 7) is 2.45. The number of carbonyl (C=O) groups excluding carboxylic acids is 1. The van der Waals surface area contributed by atoms with E-state index in [-0.39, 0.29) is 17.4 Å². The molecule has 0 saturated carbocycles. The summed E-state index contributed by atoms with van der Waals surface area (Å²) in [5.74, 6) is 0.417. The maximum atomic E-state index is 13.7. The van der Waals surface area contributed by atoms with E-state index >= 15 is 0 Å². The molecule has 35 heavy (non-hydrogen) atoms. The minimum absolute atomic E-state index is 0.0940. The number of piperidine rings is 1. The Hall–Kier alpha value is -3.41. The van der Waals surface area contributed by atoms with Crippen LogP contribution in [-0.2, 0) is 11.3 Å². The molecule has 0 spiro atoms. The van der Waals surface area contributed by atoms with Gasteiger partial charge in [-0.05, 0) is 62.6 Å². The van der Waals surface area contributed by atoms with Crippen molar-refractivity contribution in [1.29, 1.82) is 0 Å². The standard InChI is InChI=1S/C29H34N4O2/c34-28(30-18-17-22-10-3-1-4-11-22)24-14-9-19-32(21-24)27-29(35)33(20-23-12-5-2-6-13-23)26-16-8-7-15-25(26)31-27/h2,5-8,10,12-13,15-16,24H,1,3-4,9,11,14,17-21H2,(H,30,34). The Labute approximate surface area is 206 Å². The van der Waals surface area contributed by atoms with Crippen LogP contribution in [0.2, 0.25) is 0 Å². The lowest BCUT2D eigenvalue weighted by Crippen LogP contribution is -2.45. The normalized spacial score (nSPS) is 18.3. The Kier molecular flexibility index (Phi) is 7.26. The average Bonchev–Trinajstić information content (AvgIpc) is 2.91. The molecule has 1 N–H and O–H groups in total. The van der Waals surface area contributed by atoms with Crippen molar-refractivity contribution in [3.8, 4) is 0 Å². The first-order chi connectivity index (χ1) is 17.2. The third-order valence-corrected chi connectivity index (χ3v) is 7.24. The average molecular weight is 471 g/mol. The fourth-order valence-corrected chi connectivity index (χ4v) is 5.31. The van der Waals surface area contributed by atoms with Gasteiger partial charge in [0, 0.05) is 19.6 Å². The lowest BCUT2D eigenvalue weighted by atomic mass is 9.96. The number of allylic oxidation sites excluding steroid dienone is 1. The zero-order chi connectivity index (χ0) is 24.0. The van der Waals surface area contributed by atoms with Crippen molar-refractivity contribution < 1.29 is 4.79 Å². The number of fused-ring (bicyclic) bond motifs is 1. The largest absolute Gasteiger partial charge is 0.355 e. The van der Waals surface area contributed by atoms with E-state index in [1.807, 2.05) is 64.1 Å². The number of nitrogens with zero attached hydrogens (tertiary/aromatic N) is 3. The molecule has 3 aromatic rings. The molecule has 1 aliphatic heterocycles. The summed E-state index contributed by atoms with van der Waals surface area (Å²) >= 11 is 0. The zero-order valence-electron chi connectivity index (χ0n) is 20.3. The molecule has 1 fully saturated rings. The van der Waals surface area contributed by atoms with E-state index in [0.29, 0.717) is 25.5 Å². The number of hydrogen-bond donors (Lipinski definition) is 1. The molecule has 0 radical (unpaired) electrons. The van der Waals surface area contributed by atoms with E-state index in [1.54, 1.807) is 0 Å². The highest BCUT2D eigenvalue weighted by Gasteiger charge is 2.28. The third kappa shape index (κ3) is 5.47. The van der Waals surface area contributed by atoms with Gasteiger partial charge in [0.15, 0.2) is 5.82 Å². The monoisotopic (exact) mass is 470 g/mol. The third-order valence-electron chi connectivity index (χ3n) is 7.24. The van der Waals surface area contributed by atoms with E-state index in [0.717, 1.165) is 48.8 Å². The van der Waals surface area contributed by atoms with Crippen LogP contribution >= 0.6 is 0 Å². The van der Waals surface area contributed by atoms with Crippen LogP contribution in [0.3, 0.4) is 0 Å². The van der Waals surface area contributed by atoms with Crippen LogP contribution in [0.25, 0.3) is 11.0 Å². The molecule has 1 amide bonds. The highest BCUT2D eigenvalue weighted by molar-refractivity contribution is 5.80. The first kappa shape index (κ1) is 23.3. The number of amides is 1. The van der Waals surface area contributed by atoms with Crippen LogP contribution in [-0.4, -0.2) is 35.1 Å². The highest BCUT2D eigenvalue weighted by atomic mass is 16.2. The molecular formula is C29H34N4O2.